The van der Waals surface area contributed by atoms with Crippen LogP contribution in [0, 0.1) is 0 Å². The molecule has 0 saturated carbocycles. The maximum absolute atomic E-state index is 12.8. The summed E-state index contributed by atoms with van der Waals surface area (Å²) in [5.74, 6) is 2.22. The number of rotatable bonds is 7. The van der Waals surface area contributed by atoms with Crippen molar-refractivity contribution in [2.75, 3.05) is 28.4 Å². The Morgan fingerprint density at radius 1 is 0.840 bits per heavy atom. The molecule has 0 fully saturated rings. The number of carbonyl (C=O) groups excluding carboxylic acids is 1. The highest BCUT2D eigenvalue weighted by Gasteiger charge is 2.16. The summed E-state index contributed by atoms with van der Waals surface area (Å²) in [6, 6.07) is 10.6. The Hall–Kier alpha value is -2.22. The standard InChI is InChI=1S/C19H19IO5/c1-22-13-6-7-14(17(11-13)24-3)19(21)15(20)9-12-5-8-16(23-2)18(10-12)25-4/h5-11H,1-4H3/b15-9-. The van der Waals surface area contributed by atoms with Crippen molar-refractivity contribution in [1.29, 1.82) is 0 Å². The van der Waals surface area contributed by atoms with Gasteiger partial charge in [-0.2, -0.15) is 0 Å². The molecule has 0 aliphatic heterocycles. The minimum atomic E-state index is -0.130. The molecule has 0 aromatic heterocycles. The predicted molar refractivity (Wildman–Crippen MR) is 105 cm³/mol. The molecule has 2 aromatic rings. The van der Waals surface area contributed by atoms with E-state index in [9.17, 15) is 4.79 Å². The number of allylic oxidation sites excluding steroid dienone is 1. The average Bonchev–Trinajstić information content (AvgIpc) is 2.66. The number of hydrogen-bond donors (Lipinski definition) is 0. The summed E-state index contributed by atoms with van der Waals surface area (Å²) >= 11 is 2.02. The zero-order valence-corrected chi connectivity index (χ0v) is 16.6. The van der Waals surface area contributed by atoms with E-state index >= 15 is 0 Å². The zero-order valence-electron chi connectivity index (χ0n) is 14.5. The molecule has 0 N–H and O–H groups in total. The highest BCUT2D eigenvalue weighted by molar-refractivity contribution is 14.1. The van der Waals surface area contributed by atoms with Gasteiger partial charge in [0.05, 0.1) is 37.6 Å². The van der Waals surface area contributed by atoms with E-state index in [4.69, 9.17) is 18.9 Å². The van der Waals surface area contributed by atoms with Crippen LogP contribution in [0.4, 0.5) is 0 Å². The molecule has 0 heterocycles. The fourth-order valence-corrected chi connectivity index (χ4v) is 2.92. The van der Waals surface area contributed by atoms with Crippen LogP contribution in [-0.4, -0.2) is 34.2 Å². The molecule has 2 rings (SSSR count). The van der Waals surface area contributed by atoms with Gasteiger partial charge in [-0.25, -0.2) is 0 Å². The molecule has 0 atom stereocenters. The van der Waals surface area contributed by atoms with Crippen molar-refractivity contribution in [1.82, 2.24) is 0 Å². The summed E-state index contributed by atoms with van der Waals surface area (Å²) in [6.45, 7) is 0. The van der Waals surface area contributed by atoms with Crippen molar-refractivity contribution >= 4 is 34.5 Å². The molecular formula is C19H19IO5. The van der Waals surface area contributed by atoms with Crippen molar-refractivity contribution in [2.45, 2.75) is 0 Å². The van der Waals surface area contributed by atoms with Crippen LogP contribution < -0.4 is 18.9 Å². The molecule has 6 heteroatoms. The van der Waals surface area contributed by atoms with Crippen LogP contribution in [0.1, 0.15) is 15.9 Å². The van der Waals surface area contributed by atoms with E-state index < -0.39 is 0 Å². The van der Waals surface area contributed by atoms with Crippen LogP contribution >= 0.6 is 22.6 Å². The second kappa shape index (κ2) is 8.75. The smallest absolute Gasteiger partial charge is 0.202 e. The van der Waals surface area contributed by atoms with E-state index in [1.54, 1.807) is 51.7 Å². The maximum Gasteiger partial charge on any atom is 0.202 e. The number of carbonyl (C=O) groups is 1. The van der Waals surface area contributed by atoms with Gasteiger partial charge in [0.2, 0.25) is 5.78 Å². The SMILES string of the molecule is COc1ccc(C(=O)/C(I)=C/c2ccc(OC)c(OC)c2)c(OC)c1. The zero-order chi connectivity index (χ0) is 18.4. The summed E-state index contributed by atoms with van der Waals surface area (Å²) in [6.07, 6.45) is 1.79. The van der Waals surface area contributed by atoms with Gasteiger partial charge in [0.15, 0.2) is 11.5 Å². The fraction of sp³-hybridized carbons (Fsp3) is 0.211. The molecule has 2 aromatic carbocycles. The van der Waals surface area contributed by atoms with Gasteiger partial charge in [-0.05, 0) is 58.5 Å². The summed E-state index contributed by atoms with van der Waals surface area (Å²) < 4.78 is 21.5. The van der Waals surface area contributed by atoms with Crippen molar-refractivity contribution in [2.24, 2.45) is 0 Å². The Labute approximate surface area is 160 Å². The van der Waals surface area contributed by atoms with E-state index in [0.717, 1.165) is 5.56 Å². The van der Waals surface area contributed by atoms with Crippen LogP contribution in [0.2, 0.25) is 0 Å². The molecule has 0 unspecified atom stereocenters. The number of ketones is 1. The second-order valence-electron chi connectivity index (χ2n) is 5.00. The number of halogens is 1. The van der Waals surface area contributed by atoms with Crippen LogP contribution in [-0.2, 0) is 0 Å². The number of benzene rings is 2. The van der Waals surface area contributed by atoms with Crippen molar-refractivity contribution in [3.8, 4) is 23.0 Å². The van der Waals surface area contributed by atoms with Gasteiger partial charge < -0.3 is 18.9 Å². The molecule has 132 valence electrons. The lowest BCUT2D eigenvalue weighted by Gasteiger charge is -2.10. The molecule has 0 aliphatic carbocycles. The van der Waals surface area contributed by atoms with Gasteiger partial charge in [0.25, 0.3) is 0 Å². The van der Waals surface area contributed by atoms with Crippen LogP contribution in [0.5, 0.6) is 23.0 Å². The van der Waals surface area contributed by atoms with E-state index in [0.29, 0.717) is 32.1 Å². The molecule has 0 bridgehead atoms. The topological polar surface area (TPSA) is 54.0 Å². The number of ether oxygens (including phenoxy) is 4. The van der Waals surface area contributed by atoms with E-state index in [1.807, 2.05) is 34.7 Å². The quantitative estimate of drug-likeness (QED) is 0.353. The van der Waals surface area contributed by atoms with E-state index in [-0.39, 0.29) is 5.78 Å². The minimum absolute atomic E-state index is 0.130. The number of hydrogen-bond acceptors (Lipinski definition) is 5. The lowest BCUT2D eigenvalue weighted by atomic mass is 10.1. The first-order valence-electron chi connectivity index (χ1n) is 7.40. The third-order valence-corrected chi connectivity index (χ3v) is 4.37. The Morgan fingerprint density at radius 2 is 1.52 bits per heavy atom. The van der Waals surface area contributed by atoms with Gasteiger partial charge in [0.1, 0.15) is 11.5 Å². The molecule has 5 nitrogen and oxygen atoms in total. The molecule has 0 saturated heterocycles. The van der Waals surface area contributed by atoms with E-state index in [1.165, 1.54) is 7.11 Å². The highest BCUT2D eigenvalue weighted by Crippen LogP contribution is 2.31. The first kappa shape index (κ1) is 19.1. The summed E-state index contributed by atoms with van der Waals surface area (Å²) in [5, 5.41) is 0. The molecule has 0 aliphatic rings. The predicted octanol–water partition coefficient (Wildman–Crippen LogP) is 4.38. The monoisotopic (exact) mass is 454 g/mol. The Balaban J connectivity index is 2.35. The van der Waals surface area contributed by atoms with Crippen molar-refractivity contribution in [3.63, 3.8) is 0 Å². The molecule has 25 heavy (non-hydrogen) atoms. The van der Waals surface area contributed by atoms with Crippen molar-refractivity contribution in [3.05, 3.63) is 51.1 Å². The largest absolute Gasteiger partial charge is 0.497 e. The first-order chi connectivity index (χ1) is 12.0. The normalized spacial score (nSPS) is 11.0. The summed E-state index contributed by atoms with van der Waals surface area (Å²) in [5.41, 5.74) is 1.31. The number of methoxy groups -OCH3 is 4. The van der Waals surface area contributed by atoms with Gasteiger partial charge in [0, 0.05) is 6.07 Å². The summed E-state index contributed by atoms with van der Waals surface area (Å²) in [7, 11) is 6.24. The summed E-state index contributed by atoms with van der Waals surface area (Å²) in [4.78, 5) is 12.8. The minimum Gasteiger partial charge on any atom is -0.497 e. The first-order valence-corrected chi connectivity index (χ1v) is 8.47. The van der Waals surface area contributed by atoms with Crippen LogP contribution in [0.15, 0.2) is 40.0 Å². The third kappa shape index (κ3) is 4.45. The highest BCUT2D eigenvalue weighted by atomic mass is 127. The molecular weight excluding hydrogens is 435 g/mol. The Morgan fingerprint density at radius 3 is 2.12 bits per heavy atom. The van der Waals surface area contributed by atoms with Gasteiger partial charge in [-0.3, -0.25) is 4.79 Å². The molecule has 0 radical (unpaired) electrons. The van der Waals surface area contributed by atoms with Crippen LogP contribution in [0.3, 0.4) is 0 Å². The van der Waals surface area contributed by atoms with Crippen molar-refractivity contribution < 1.29 is 23.7 Å². The molecule has 0 amide bonds. The lowest BCUT2D eigenvalue weighted by molar-refractivity contribution is 0.104. The maximum atomic E-state index is 12.8. The number of Topliss-reactive ketones (excluding diaryl/α,β-unsaturated/α-hetero) is 1. The average molecular weight is 454 g/mol. The molecule has 0 spiro atoms. The third-order valence-electron chi connectivity index (χ3n) is 3.57. The van der Waals surface area contributed by atoms with E-state index in [2.05, 4.69) is 0 Å². The lowest BCUT2D eigenvalue weighted by Crippen LogP contribution is -2.02. The van der Waals surface area contributed by atoms with Crippen LogP contribution in [0.25, 0.3) is 6.08 Å². The fourth-order valence-electron chi connectivity index (χ4n) is 2.27. The van der Waals surface area contributed by atoms with Gasteiger partial charge in [-0.15, -0.1) is 0 Å². The Kier molecular flexibility index (Phi) is 6.69. The second-order valence-corrected chi connectivity index (χ2v) is 6.16. The van der Waals surface area contributed by atoms with Gasteiger partial charge >= 0.3 is 0 Å². The van der Waals surface area contributed by atoms with Gasteiger partial charge in [-0.1, -0.05) is 6.07 Å². The Bertz CT molecular complexity index is 798.